The van der Waals surface area contributed by atoms with Gasteiger partial charge in [-0.05, 0) is 6.42 Å². The summed E-state index contributed by atoms with van der Waals surface area (Å²) < 4.78 is 15.2. The van der Waals surface area contributed by atoms with E-state index in [0.717, 1.165) is 6.42 Å². The van der Waals surface area contributed by atoms with Gasteiger partial charge in [0.1, 0.15) is 0 Å². The van der Waals surface area contributed by atoms with E-state index in [1.807, 2.05) is 20.3 Å². The first kappa shape index (κ1) is 18.0. The van der Waals surface area contributed by atoms with Crippen LogP contribution in [0.25, 0.3) is 0 Å². The first-order valence-electron chi connectivity index (χ1n) is 5.83. The van der Waals surface area contributed by atoms with Crippen LogP contribution in [0.2, 0.25) is 0 Å². The molecule has 0 unspecified atom stereocenters. The molecule has 1 rings (SSSR count). The van der Waals surface area contributed by atoms with Crippen LogP contribution in [0, 0.1) is 6.42 Å². The van der Waals surface area contributed by atoms with Crippen molar-refractivity contribution in [1.82, 2.24) is 0 Å². The maximum Gasteiger partial charge on any atom is 0.306 e. The van der Waals surface area contributed by atoms with Gasteiger partial charge in [-0.25, -0.2) is 0 Å². The fourth-order valence-corrected chi connectivity index (χ4v) is 1.75. The van der Waals surface area contributed by atoms with Crippen molar-refractivity contribution in [3.8, 4) is 0 Å². The third-order valence-corrected chi connectivity index (χ3v) is 2.65. The standard InChI is InChI=1S/C12H19O5.Y/c1-4-9-10(7-8(2)16-9)17-12(14)6-5-11(13)15-3;/h7-10H,4-6H2,1-3H3;/q-1;/t8-,9+,10+;/m0./s1. The summed E-state index contributed by atoms with van der Waals surface area (Å²) in [5, 5.41) is 0. The summed E-state index contributed by atoms with van der Waals surface area (Å²) >= 11 is 0. The Morgan fingerprint density at radius 2 is 1.89 bits per heavy atom. The SMILES string of the molecule is CC[C@H]1O[C@@H](C)[CH-][C@H]1OC(=O)CCC(=O)OC.[Y]. The van der Waals surface area contributed by atoms with Gasteiger partial charge in [0, 0.05) is 38.8 Å². The maximum atomic E-state index is 11.5. The zero-order valence-corrected chi connectivity index (χ0v) is 13.9. The summed E-state index contributed by atoms with van der Waals surface area (Å²) in [6.07, 6.45) is 2.36. The Morgan fingerprint density at radius 3 is 2.44 bits per heavy atom. The van der Waals surface area contributed by atoms with Crippen LogP contribution < -0.4 is 0 Å². The molecule has 0 aromatic heterocycles. The van der Waals surface area contributed by atoms with Crippen molar-refractivity contribution < 1.29 is 56.5 Å². The number of hydrogen-bond donors (Lipinski definition) is 0. The van der Waals surface area contributed by atoms with Crippen LogP contribution in [0.5, 0.6) is 0 Å². The van der Waals surface area contributed by atoms with Gasteiger partial charge in [-0.1, -0.05) is 20.0 Å². The minimum Gasteiger partial charge on any atom is -0.493 e. The van der Waals surface area contributed by atoms with Crippen LogP contribution in [-0.4, -0.2) is 37.4 Å². The molecule has 1 saturated heterocycles. The summed E-state index contributed by atoms with van der Waals surface area (Å²) in [7, 11) is 1.29. The molecule has 6 heteroatoms. The van der Waals surface area contributed by atoms with E-state index in [1.54, 1.807) is 0 Å². The first-order chi connectivity index (χ1) is 8.06. The van der Waals surface area contributed by atoms with Gasteiger partial charge >= 0.3 is 11.9 Å². The summed E-state index contributed by atoms with van der Waals surface area (Å²) in [5.41, 5.74) is 0. The van der Waals surface area contributed by atoms with Gasteiger partial charge in [-0.3, -0.25) is 16.0 Å². The smallest absolute Gasteiger partial charge is 0.306 e. The largest absolute Gasteiger partial charge is 0.493 e. The number of carbonyl (C=O) groups excluding carboxylic acids is 2. The average molecular weight is 332 g/mol. The topological polar surface area (TPSA) is 61.8 Å². The molecule has 0 spiro atoms. The molecular formula is C12H19O5Y-. The predicted octanol–water partition coefficient (Wildman–Crippen LogP) is 1.25. The fourth-order valence-electron chi connectivity index (χ4n) is 1.75. The van der Waals surface area contributed by atoms with Gasteiger partial charge in [-0.15, -0.1) is 0 Å². The molecule has 0 N–H and O–H groups in total. The van der Waals surface area contributed by atoms with E-state index in [0.29, 0.717) is 0 Å². The minimum absolute atomic E-state index is 0. The number of carbonyl (C=O) groups is 2. The van der Waals surface area contributed by atoms with Gasteiger partial charge in [0.2, 0.25) is 0 Å². The molecule has 1 aliphatic rings. The molecule has 0 saturated carbocycles. The summed E-state index contributed by atoms with van der Waals surface area (Å²) in [6, 6.07) is 0. The minimum atomic E-state index is -0.408. The van der Waals surface area contributed by atoms with Gasteiger partial charge in [0.05, 0.1) is 26.1 Å². The van der Waals surface area contributed by atoms with E-state index < -0.39 is 11.9 Å². The van der Waals surface area contributed by atoms with E-state index in [2.05, 4.69) is 4.74 Å². The quantitative estimate of drug-likeness (QED) is 0.560. The van der Waals surface area contributed by atoms with E-state index in [4.69, 9.17) is 9.47 Å². The van der Waals surface area contributed by atoms with Crippen LogP contribution in [0.15, 0.2) is 0 Å². The third-order valence-electron chi connectivity index (χ3n) is 2.65. The Morgan fingerprint density at radius 1 is 1.28 bits per heavy atom. The molecule has 3 atom stereocenters. The third kappa shape index (κ3) is 5.76. The Bertz CT molecular complexity index is 282. The number of methoxy groups -OCH3 is 1. The van der Waals surface area contributed by atoms with Crippen LogP contribution in [0.1, 0.15) is 33.1 Å². The van der Waals surface area contributed by atoms with Gasteiger partial charge < -0.3 is 14.2 Å². The molecule has 5 nitrogen and oxygen atoms in total. The Kier molecular flexibility index (Phi) is 9.00. The average Bonchev–Trinajstić information content (AvgIpc) is 2.66. The molecule has 1 aliphatic heterocycles. The monoisotopic (exact) mass is 332 g/mol. The van der Waals surface area contributed by atoms with E-state index in [9.17, 15) is 9.59 Å². The molecule has 0 aliphatic carbocycles. The molecule has 1 heterocycles. The van der Waals surface area contributed by atoms with E-state index in [1.165, 1.54) is 7.11 Å². The molecule has 101 valence electrons. The van der Waals surface area contributed by atoms with Crippen molar-refractivity contribution in [3.63, 3.8) is 0 Å². The van der Waals surface area contributed by atoms with E-state index >= 15 is 0 Å². The summed E-state index contributed by atoms with van der Waals surface area (Å²) in [4.78, 5) is 22.3. The van der Waals surface area contributed by atoms with Crippen molar-refractivity contribution >= 4 is 11.9 Å². The zero-order valence-electron chi connectivity index (χ0n) is 11.0. The van der Waals surface area contributed by atoms with Crippen molar-refractivity contribution in [3.05, 3.63) is 6.42 Å². The summed E-state index contributed by atoms with van der Waals surface area (Å²) in [5.74, 6) is -0.804. The second-order valence-electron chi connectivity index (χ2n) is 4.01. The number of hydrogen-bond acceptors (Lipinski definition) is 5. The van der Waals surface area contributed by atoms with E-state index in [-0.39, 0.29) is 63.9 Å². The predicted molar refractivity (Wildman–Crippen MR) is 60.1 cm³/mol. The molecule has 0 bridgehead atoms. The van der Waals surface area contributed by atoms with Gasteiger partial charge in [0.15, 0.2) is 0 Å². The van der Waals surface area contributed by atoms with Crippen LogP contribution >= 0.6 is 0 Å². The molecular weight excluding hydrogens is 313 g/mol. The van der Waals surface area contributed by atoms with Gasteiger partial charge in [-0.2, -0.15) is 0 Å². The fraction of sp³-hybridized carbons (Fsp3) is 0.750. The second-order valence-corrected chi connectivity index (χ2v) is 4.01. The second kappa shape index (κ2) is 8.99. The van der Waals surface area contributed by atoms with Crippen molar-refractivity contribution in [1.29, 1.82) is 0 Å². The Labute approximate surface area is 133 Å². The molecule has 0 amide bonds. The Hall–Kier alpha value is 0.00390. The van der Waals surface area contributed by atoms with Crippen molar-refractivity contribution in [2.75, 3.05) is 7.11 Å². The van der Waals surface area contributed by atoms with Crippen LogP contribution in [0.4, 0.5) is 0 Å². The number of rotatable bonds is 5. The molecule has 0 aromatic rings. The molecule has 1 radical (unpaired) electrons. The van der Waals surface area contributed by atoms with Gasteiger partial charge in [0.25, 0.3) is 0 Å². The first-order valence-corrected chi connectivity index (χ1v) is 5.83. The van der Waals surface area contributed by atoms with Crippen molar-refractivity contribution in [2.24, 2.45) is 0 Å². The molecule has 18 heavy (non-hydrogen) atoms. The maximum absolute atomic E-state index is 11.5. The van der Waals surface area contributed by atoms with Crippen molar-refractivity contribution in [2.45, 2.75) is 51.4 Å². The number of ether oxygens (including phenoxy) is 3. The van der Waals surface area contributed by atoms with Crippen LogP contribution in [0.3, 0.4) is 0 Å². The molecule has 0 aromatic carbocycles. The normalized spacial score (nSPS) is 26.3. The zero-order chi connectivity index (χ0) is 12.8. The van der Waals surface area contributed by atoms with Crippen LogP contribution in [-0.2, 0) is 56.5 Å². The summed E-state index contributed by atoms with van der Waals surface area (Å²) in [6.45, 7) is 3.89. The Balaban J connectivity index is 0.00000289. The number of esters is 2. The molecule has 1 fully saturated rings.